The minimum absolute atomic E-state index is 0.143. The second-order valence-electron chi connectivity index (χ2n) is 3.97. The summed E-state index contributed by atoms with van der Waals surface area (Å²) >= 11 is 9.04. The quantitative estimate of drug-likeness (QED) is 0.747. The first kappa shape index (κ1) is 12.5. The van der Waals surface area contributed by atoms with E-state index in [-0.39, 0.29) is 22.0 Å². The molecule has 1 amide bonds. The Hall–Kier alpha value is -1.53. The topological polar surface area (TPSA) is 46.1 Å². The zero-order valence-corrected chi connectivity index (χ0v) is 11.7. The summed E-state index contributed by atoms with van der Waals surface area (Å²) in [4.78, 5) is 21.4. The number of fused-ring (bicyclic) bond motifs is 1. The van der Waals surface area contributed by atoms with Crippen molar-refractivity contribution in [3.05, 3.63) is 45.5 Å². The maximum Gasteiger partial charge on any atom is 0.237 e. The Morgan fingerprint density at radius 3 is 2.89 bits per heavy atom. The largest absolute Gasteiger partial charge is 0.274 e. The molecule has 0 bridgehead atoms. The normalized spacial score (nSPS) is 13.8. The van der Waals surface area contributed by atoms with Crippen molar-refractivity contribution in [1.82, 2.24) is 9.97 Å². The first-order valence-electron chi connectivity index (χ1n) is 5.35. The minimum atomic E-state index is -0.392. The van der Waals surface area contributed by atoms with E-state index >= 15 is 0 Å². The summed E-state index contributed by atoms with van der Waals surface area (Å²) in [7, 11) is 0. The van der Waals surface area contributed by atoms with Crippen molar-refractivity contribution < 1.29 is 9.18 Å². The van der Waals surface area contributed by atoms with Crippen molar-refractivity contribution in [1.29, 1.82) is 0 Å². The SMILES string of the molecule is O=C1Cc2c(Cl)ncnc2N1c1ccc(F)c(Br)c1. The molecular weight excluding hydrogens is 337 g/mol. The van der Waals surface area contributed by atoms with Gasteiger partial charge in [-0.05, 0) is 34.1 Å². The Morgan fingerprint density at radius 1 is 1.37 bits per heavy atom. The second-order valence-corrected chi connectivity index (χ2v) is 5.18. The van der Waals surface area contributed by atoms with E-state index in [9.17, 15) is 9.18 Å². The molecule has 19 heavy (non-hydrogen) atoms. The van der Waals surface area contributed by atoms with Gasteiger partial charge in [-0.25, -0.2) is 14.4 Å². The number of anilines is 2. The van der Waals surface area contributed by atoms with E-state index in [0.717, 1.165) is 0 Å². The van der Waals surface area contributed by atoms with Gasteiger partial charge in [0.2, 0.25) is 5.91 Å². The summed E-state index contributed by atoms with van der Waals surface area (Å²) in [5.74, 6) is -0.115. The number of aromatic nitrogens is 2. The Kier molecular flexibility index (Phi) is 2.99. The molecule has 1 aromatic carbocycles. The zero-order chi connectivity index (χ0) is 13.6. The smallest absolute Gasteiger partial charge is 0.237 e. The Balaban J connectivity index is 2.14. The zero-order valence-electron chi connectivity index (χ0n) is 9.40. The third-order valence-electron chi connectivity index (χ3n) is 2.82. The average Bonchev–Trinajstić information content (AvgIpc) is 2.71. The minimum Gasteiger partial charge on any atom is -0.274 e. The van der Waals surface area contributed by atoms with Gasteiger partial charge in [-0.3, -0.25) is 9.69 Å². The van der Waals surface area contributed by atoms with Crippen LogP contribution < -0.4 is 4.90 Å². The molecule has 7 heteroatoms. The molecule has 0 atom stereocenters. The number of nitrogens with zero attached hydrogens (tertiary/aromatic N) is 3. The predicted molar refractivity (Wildman–Crippen MR) is 72.0 cm³/mol. The molecule has 1 aliphatic rings. The Morgan fingerprint density at radius 2 is 2.16 bits per heavy atom. The van der Waals surface area contributed by atoms with E-state index in [1.165, 1.54) is 29.4 Å². The lowest BCUT2D eigenvalue weighted by molar-refractivity contribution is -0.116. The molecule has 0 fully saturated rings. The van der Waals surface area contributed by atoms with Crippen molar-refractivity contribution in [3.63, 3.8) is 0 Å². The molecule has 96 valence electrons. The highest BCUT2D eigenvalue weighted by atomic mass is 79.9. The van der Waals surface area contributed by atoms with Gasteiger partial charge in [0.1, 0.15) is 23.1 Å². The molecule has 0 aliphatic carbocycles. The molecule has 3 rings (SSSR count). The van der Waals surface area contributed by atoms with Gasteiger partial charge in [-0.1, -0.05) is 11.6 Å². The fourth-order valence-electron chi connectivity index (χ4n) is 1.97. The maximum absolute atomic E-state index is 13.2. The van der Waals surface area contributed by atoms with Gasteiger partial charge in [0.05, 0.1) is 16.6 Å². The second kappa shape index (κ2) is 4.54. The third-order valence-corrected chi connectivity index (χ3v) is 3.75. The van der Waals surface area contributed by atoms with Gasteiger partial charge < -0.3 is 0 Å². The molecule has 1 aliphatic heterocycles. The summed E-state index contributed by atoms with van der Waals surface area (Å²) in [6.45, 7) is 0. The molecule has 0 radical (unpaired) electrons. The highest BCUT2D eigenvalue weighted by Gasteiger charge is 2.32. The van der Waals surface area contributed by atoms with Crippen molar-refractivity contribution in [3.8, 4) is 0 Å². The van der Waals surface area contributed by atoms with E-state index in [1.54, 1.807) is 0 Å². The van der Waals surface area contributed by atoms with Crippen LogP contribution in [0.4, 0.5) is 15.9 Å². The van der Waals surface area contributed by atoms with Crippen LogP contribution in [-0.4, -0.2) is 15.9 Å². The number of hydrogen-bond donors (Lipinski definition) is 0. The van der Waals surface area contributed by atoms with Crippen molar-refractivity contribution in [2.75, 3.05) is 4.90 Å². The fourth-order valence-corrected chi connectivity index (χ4v) is 2.53. The van der Waals surface area contributed by atoms with Crippen molar-refractivity contribution in [2.24, 2.45) is 0 Å². The summed E-state index contributed by atoms with van der Waals surface area (Å²) in [5, 5.41) is 0.266. The number of benzene rings is 1. The number of carbonyl (C=O) groups excluding carboxylic acids is 1. The van der Waals surface area contributed by atoms with Gasteiger partial charge in [-0.15, -0.1) is 0 Å². The predicted octanol–water partition coefficient (Wildman–Crippen LogP) is 3.25. The van der Waals surface area contributed by atoms with Crippen LogP contribution in [0.3, 0.4) is 0 Å². The van der Waals surface area contributed by atoms with Gasteiger partial charge >= 0.3 is 0 Å². The van der Waals surface area contributed by atoms with Crippen LogP contribution in [0.25, 0.3) is 0 Å². The highest BCUT2D eigenvalue weighted by molar-refractivity contribution is 9.10. The van der Waals surface area contributed by atoms with Crippen molar-refractivity contribution in [2.45, 2.75) is 6.42 Å². The van der Waals surface area contributed by atoms with Crippen LogP contribution in [0, 0.1) is 5.82 Å². The molecule has 0 N–H and O–H groups in total. The highest BCUT2D eigenvalue weighted by Crippen LogP contribution is 2.37. The van der Waals surface area contributed by atoms with E-state index in [0.29, 0.717) is 17.1 Å². The van der Waals surface area contributed by atoms with Gasteiger partial charge in [0.25, 0.3) is 0 Å². The van der Waals surface area contributed by atoms with Crippen LogP contribution in [-0.2, 0) is 11.2 Å². The lowest BCUT2D eigenvalue weighted by Crippen LogP contribution is -2.21. The first-order chi connectivity index (χ1) is 9.08. The van der Waals surface area contributed by atoms with Gasteiger partial charge in [0, 0.05) is 5.56 Å². The fraction of sp³-hybridized carbons (Fsp3) is 0.0833. The average molecular weight is 343 g/mol. The number of hydrogen-bond acceptors (Lipinski definition) is 3. The molecule has 0 saturated carbocycles. The van der Waals surface area contributed by atoms with E-state index < -0.39 is 5.82 Å². The van der Waals surface area contributed by atoms with E-state index in [1.807, 2.05) is 0 Å². The summed E-state index contributed by atoms with van der Waals surface area (Å²) in [6.07, 6.45) is 1.44. The molecule has 0 spiro atoms. The standard InChI is InChI=1S/C12H6BrClFN3O/c13-8-3-6(1-2-9(8)15)18-10(19)4-7-11(14)16-5-17-12(7)18/h1-3,5H,4H2. The molecule has 2 aromatic rings. The number of amides is 1. The number of carbonyl (C=O) groups is 1. The van der Waals surface area contributed by atoms with Gasteiger partial charge in [0.15, 0.2) is 0 Å². The van der Waals surface area contributed by atoms with Crippen molar-refractivity contribution >= 4 is 44.9 Å². The molecule has 0 saturated heterocycles. The molecule has 1 aromatic heterocycles. The summed E-state index contributed by atoms with van der Waals surface area (Å²) in [6, 6.07) is 4.33. The molecule has 0 unspecified atom stereocenters. The van der Waals surface area contributed by atoms with Gasteiger partial charge in [-0.2, -0.15) is 0 Å². The molecular formula is C12H6BrClFN3O. The summed E-state index contributed by atoms with van der Waals surface area (Å²) in [5.41, 5.74) is 1.13. The van der Waals surface area contributed by atoms with E-state index in [2.05, 4.69) is 25.9 Å². The van der Waals surface area contributed by atoms with Crippen LogP contribution >= 0.6 is 27.5 Å². The monoisotopic (exact) mass is 341 g/mol. The lowest BCUT2D eigenvalue weighted by atomic mass is 10.3. The lowest BCUT2D eigenvalue weighted by Gasteiger charge is -2.16. The molecule has 2 heterocycles. The summed E-state index contributed by atoms with van der Waals surface area (Å²) < 4.78 is 13.5. The Labute approximate surface area is 121 Å². The first-order valence-corrected chi connectivity index (χ1v) is 6.52. The van der Waals surface area contributed by atoms with Crippen LogP contribution in [0.1, 0.15) is 5.56 Å². The van der Waals surface area contributed by atoms with Crippen LogP contribution in [0.2, 0.25) is 5.15 Å². The maximum atomic E-state index is 13.2. The number of halogens is 3. The van der Waals surface area contributed by atoms with E-state index in [4.69, 9.17) is 11.6 Å². The Bertz CT molecular complexity index is 695. The number of rotatable bonds is 1. The van der Waals surface area contributed by atoms with Crippen LogP contribution in [0.15, 0.2) is 29.0 Å². The van der Waals surface area contributed by atoms with Crippen LogP contribution in [0.5, 0.6) is 0 Å². The molecule has 4 nitrogen and oxygen atoms in total. The third kappa shape index (κ3) is 2.01.